The Labute approximate surface area is 94.8 Å². The molecule has 0 bridgehead atoms. The predicted molar refractivity (Wildman–Crippen MR) is 70.7 cm³/mol. The third-order valence-corrected chi connectivity index (χ3v) is 6.19. The van der Waals surface area contributed by atoms with Crippen molar-refractivity contribution in [3.63, 3.8) is 0 Å². The average Bonchev–Trinajstić information content (AvgIpc) is 2.50. The molecule has 1 fully saturated rings. The minimum absolute atomic E-state index is 0.169. The van der Waals surface area contributed by atoms with Gasteiger partial charge in [0, 0.05) is 0 Å². The largest absolute Gasteiger partial charge is 0.0750 e. The molecule has 0 aliphatic carbocycles. The summed E-state index contributed by atoms with van der Waals surface area (Å²) in [5, 5.41) is 1.69. The number of benzene rings is 1. The van der Waals surface area contributed by atoms with Crippen LogP contribution in [0.15, 0.2) is 18.2 Å². The summed E-state index contributed by atoms with van der Waals surface area (Å²) >= 11 is 0. The second kappa shape index (κ2) is 5.12. The van der Waals surface area contributed by atoms with Gasteiger partial charge in [0.05, 0.1) is 0 Å². The topological polar surface area (TPSA) is 0 Å². The van der Waals surface area contributed by atoms with Crippen molar-refractivity contribution in [3.8, 4) is 0 Å². The Bertz CT molecular complexity index is 322. The highest BCUT2D eigenvalue weighted by atomic mass is 31.1. The summed E-state index contributed by atoms with van der Waals surface area (Å²) in [6.45, 7) is 4.50. The van der Waals surface area contributed by atoms with Gasteiger partial charge in [-0.3, -0.25) is 0 Å². The van der Waals surface area contributed by atoms with Crippen molar-refractivity contribution in [1.29, 1.82) is 0 Å². The third kappa shape index (κ3) is 2.82. The normalized spacial score (nSPS) is 18.8. The minimum Gasteiger partial charge on any atom is -0.0750 e. The van der Waals surface area contributed by atoms with E-state index < -0.39 is 0 Å². The molecule has 1 aromatic carbocycles. The van der Waals surface area contributed by atoms with Crippen LogP contribution in [0.5, 0.6) is 0 Å². The molecule has 1 saturated heterocycles. The van der Waals surface area contributed by atoms with Gasteiger partial charge < -0.3 is 0 Å². The molecular formula is C14H21P. The van der Waals surface area contributed by atoms with Gasteiger partial charge in [-0.1, -0.05) is 44.5 Å². The summed E-state index contributed by atoms with van der Waals surface area (Å²) in [5.74, 6) is 0. The maximum absolute atomic E-state index is 2.44. The lowest BCUT2D eigenvalue weighted by molar-refractivity contribution is 0.726. The van der Waals surface area contributed by atoms with Crippen LogP contribution in [0.25, 0.3) is 0 Å². The van der Waals surface area contributed by atoms with Gasteiger partial charge in [-0.2, -0.15) is 0 Å². The molecular weight excluding hydrogens is 199 g/mol. The summed E-state index contributed by atoms with van der Waals surface area (Å²) < 4.78 is 0. The Morgan fingerprint density at radius 2 is 1.60 bits per heavy atom. The lowest BCUT2D eigenvalue weighted by Crippen LogP contribution is -2.09. The highest BCUT2D eigenvalue weighted by Gasteiger charge is 2.15. The first kappa shape index (κ1) is 11.1. The van der Waals surface area contributed by atoms with Gasteiger partial charge in [-0.15, -0.1) is 0 Å². The smallest absolute Gasteiger partial charge is 0.0209 e. The molecule has 1 heterocycles. The minimum atomic E-state index is 0.169. The van der Waals surface area contributed by atoms with Crippen LogP contribution in [0.3, 0.4) is 0 Å². The lowest BCUT2D eigenvalue weighted by atomic mass is 10.2. The molecule has 2 rings (SSSR count). The molecule has 0 atom stereocenters. The molecule has 1 aliphatic heterocycles. The van der Waals surface area contributed by atoms with E-state index in [-0.39, 0.29) is 7.92 Å². The van der Waals surface area contributed by atoms with Crippen molar-refractivity contribution >= 4 is 13.2 Å². The monoisotopic (exact) mass is 220 g/mol. The zero-order chi connectivity index (χ0) is 10.7. The van der Waals surface area contributed by atoms with Gasteiger partial charge in [-0.05, 0) is 49.9 Å². The van der Waals surface area contributed by atoms with Crippen molar-refractivity contribution in [3.05, 3.63) is 29.3 Å². The Kier molecular flexibility index (Phi) is 3.81. The van der Waals surface area contributed by atoms with Crippen molar-refractivity contribution in [2.24, 2.45) is 0 Å². The maximum Gasteiger partial charge on any atom is -0.0209 e. The van der Waals surface area contributed by atoms with Crippen LogP contribution in [-0.4, -0.2) is 12.3 Å². The fraction of sp³-hybridized carbons (Fsp3) is 0.571. The first-order chi connectivity index (χ1) is 7.27. The first-order valence-corrected chi connectivity index (χ1v) is 7.81. The molecule has 0 saturated carbocycles. The molecule has 1 aliphatic rings. The molecule has 1 heteroatoms. The molecule has 0 aromatic heterocycles. The van der Waals surface area contributed by atoms with Gasteiger partial charge >= 0.3 is 0 Å². The van der Waals surface area contributed by atoms with E-state index in [1.165, 1.54) is 49.1 Å². The molecule has 0 unspecified atom stereocenters. The summed E-state index contributed by atoms with van der Waals surface area (Å²) in [5.41, 5.74) is 2.95. The maximum atomic E-state index is 2.44. The average molecular weight is 220 g/mol. The molecule has 1 aromatic rings. The predicted octanol–water partition coefficient (Wildman–Crippen LogP) is 3.98. The van der Waals surface area contributed by atoms with Gasteiger partial charge in [0.15, 0.2) is 0 Å². The van der Waals surface area contributed by atoms with Crippen LogP contribution in [0.2, 0.25) is 0 Å². The van der Waals surface area contributed by atoms with E-state index in [2.05, 4.69) is 32.0 Å². The van der Waals surface area contributed by atoms with Crippen molar-refractivity contribution < 1.29 is 0 Å². The standard InChI is InChI=1S/C14H21P/c1-12-7-8-13(2)14(11-12)15-9-5-3-4-6-10-15/h7-8,11H,3-6,9-10H2,1-2H3. The lowest BCUT2D eigenvalue weighted by Gasteiger charge is -2.18. The summed E-state index contributed by atoms with van der Waals surface area (Å²) in [6.07, 6.45) is 8.78. The Morgan fingerprint density at radius 3 is 2.27 bits per heavy atom. The van der Waals surface area contributed by atoms with E-state index in [1.54, 1.807) is 5.30 Å². The molecule has 0 radical (unpaired) electrons. The van der Waals surface area contributed by atoms with Crippen LogP contribution in [0, 0.1) is 13.8 Å². The molecule has 0 amide bonds. The fourth-order valence-electron chi connectivity index (χ4n) is 2.37. The SMILES string of the molecule is Cc1ccc(C)c(P2CCCCCC2)c1. The quantitative estimate of drug-likeness (QED) is 0.628. The summed E-state index contributed by atoms with van der Waals surface area (Å²) in [7, 11) is 0.169. The fourth-order valence-corrected chi connectivity index (χ4v) is 5.25. The molecule has 15 heavy (non-hydrogen) atoms. The number of hydrogen-bond acceptors (Lipinski definition) is 0. The van der Waals surface area contributed by atoms with Crippen molar-refractivity contribution in [2.45, 2.75) is 39.5 Å². The highest BCUT2D eigenvalue weighted by molar-refractivity contribution is 7.65. The summed E-state index contributed by atoms with van der Waals surface area (Å²) in [6, 6.07) is 6.98. The third-order valence-electron chi connectivity index (χ3n) is 3.31. The summed E-state index contributed by atoms with van der Waals surface area (Å²) in [4.78, 5) is 0. The van der Waals surface area contributed by atoms with Crippen LogP contribution in [0.4, 0.5) is 0 Å². The zero-order valence-corrected chi connectivity index (χ0v) is 10.8. The zero-order valence-electron chi connectivity index (χ0n) is 9.92. The van der Waals surface area contributed by atoms with Gasteiger partial charge in [0.2, 0.25) is 0 Å². The van der Waals surface area contributed by atoms with E-state index in [1.807, 2.05) is 0 Å². The highest BCUT2D eigenvalue weighted by Crippen LogP contribution is 2.40. The van der Waals surface area contributed by atoms with Gasteiger partial charge in [0.25, 0.3) is 0 Å². The van der Waals surface area contributed by atoms with Crippen LogP contribution < -0.4 is 5.30 Å². The Morgan fingerprint density at radius 1 is 0.933 bits per heavy atom. The van der Waals surface area contributed by atoms with Crippen LogP contribution in [0.1, 0.15) is 36.8 Å². The molecule has 82 valence electrons. The molecule has 0 nitrogen and oxygen atoms in total. The number of aryl methyl sites for hydroxylation is 2. The van der Waals surface area contributed by atoms with Crippen LogP contribution >= 0.6 is 7.92 Å². The van der Waals surface area contributed by atoms with Crippen molar-refractivity contribution in [2.75, 3.05) is 12.3 Å². The first-order valence-electron chi connectivity index (χ1n) is 6.09. The van der Waals surface area contributed by atoms with Crippen molar-refractivity contribution in [1.82, 2.24) is 0 Å². The number of rotatable bonds is 1. The Balaban J connectivity index is 2.22. The Hall–Kier alpha value is -0.350. The molecule has 0 spiro atoms. The number of hydrogen-bond donors (Lipinski definition) is 0. The second-order valence-corrected chi connectivity index (χ2v) is 7.15. The van der Waals surface area contributed by atoms with E-state index in [0.29, 0.717) is 0 Å². The van der Waals surface area contributed by atoms with Crippen LogP contribution in [-0.2, 0) is 0 Å². The van der Waals surface area contributed by atoms with E-state index in [4.69, 9.17) is 0 Å². The molecule has 0 N–H and O–H groups in total. The van der Waals surface area contributed by atoms with Gasteiger partial charge in [0.1, 0.15) is 0 Å². The van der Waals surface area contributed by atoms with E-state index in [9.17, 15) is 0 Å². The van der Waals surface area contributed by atoms with Gasteiger partial charge in [-0.25, -0.2) is 0 Å². The van der Waals surface area contributed by atoms with E-state index in [0.717, 1.165) is 0 Å². The second-order valence-electron chi connectivity index (χ2n) is 4.69. The van der Waals surface area contributed by atoms with E-state index >= 15 is 0 Å².